The lowest BCUT2D eigenvalue weighted by Gasteiger charge is -2.02. The van der Waals surface area contributed by atoms with Gasteiger partial charge in [-0.3, -0.25) is 4.79 Å². The first-order valence-electron chi connectivity index (χ1n) is 7.42. The number of halogens is 3. The van der Waals surface area contributed by atoms with Crippen molar-refractivity contribution >= 4 is 29.1 Å². The van der Waals surface area contributed by atoms with Crippen LogP contribution in [0.15, 0.2) is 41.3 Å². The van der Waals surface area contributed by atoms with Gasteiger partial charge < -0.3 is 9.09 Å². The van der Waals surface area contributed by atoms with Crippen molar-refractivity contribution in [2.24, 2.45) is 7.05 Å². The van der Waals surface area contributed by atoms with Gasteiger partial charge in [0.05, 0.1) is 17.8 Å². The molecule has 0 saturated heterocycles. The lowest BCUT2D eigenvalue weighted by atomic mass is 10.1. The summed E-state index contributed by atoms with van der Waals surface area (Å²) in [4.78, 5) is 20.0. The summed E-state index contributed by atoms with van der Waals surface area (Å²) >= 11 is 6.30. The van der Waals surface area contributed by atoms with Crippen LogP contribution < -0.4 is 0 Å². The minimum atomic E-state index is -3.72. The Morgan fingerprint density at radius 1 is 1.35 bits per heavy atom. The van der Waals surface area contributed by atoms with E-state index in [4.69, 9.17) is 11.6 Å². The van der Waals surface area contributed by atoms with Gasteiger partial charge in [0.1, 0.15) is 0 Å². The average Bonchev–Trinajstić information content (AvgIpc) is 3.24. The van der Waals surface area contributed by atoms with E-state index in [-0.39, 0.29) is 11.6 Å². The van der Waals surface area contributed by atoms with Crippen LogP contribution in [0.5, 0.6) is 0 Å². The fourth-order valence-corrected chi connectivity index (χ4v) is 3.02. The highest BCUT2D eigenvalue weighted by Crippen LogP contribution is 2.32. The Bertz CT molecular complexity index is 906. The Morgan fingerprint density at radius 2 is 2.08 bits per heavy atom. The molecule has 0 bridgehead atoms. The molecule has 0 fully saturated rings. The van der Waals surface area contributed by atoms with Gasteiger partial charge in [-0.05, 0) is 11.6 Å². The molecule has 136 valence electrons. The van der Waals surface area contributed by atoms with Crippen LogP contribution >= 0.6 is 23.4 Å². The number of ketones is 1. The fourth-order valence-electron chi connectivity index (χ4n) is 2.13. The number of aromatic nitrogens is 4. The predicted octanol–water partition coefficient (Wildman–Crippen LogP) is 3.87. The zero-order chi connectivity index (χ0) is 18.7. The van der Waals surface area contributed by atoms with Gasteiger partial charge >= 0.3 is 11.3 Å². The number of rotatable bonds is 7. The standard InChI is InChI=1S/C16H13ClF2N4O2S/c1-23-6-12(20-9-23)7-26-8-13(24)10-2-4-11(5-3-10)14-21-15(25-22-14)16(17,18)19/h2-6,9H,7-8H2,1H3. The predicted molar refractivity (Wildman–Crippen MR) is 93.2 cm³/mol. The molecule has 0 N–H and O–H groups in total. The van der Waals surface area contributed by atoms with Crippen LogP contribution in [0.4, 0.5) is 8.78 Å². The number of imidazole rings is 1. The second kappa shape index (κ2) is 7.55. The maximum atomic E-state index is 12.9. The van der Waals surface area contributed by atoms with Crippen molar-refractivity contribution < 1.29 is 18.1 Å². The van der Waals surface area contributed by atoms with E-state index < -0.39 is 11.3 Å². The topological polar surface area (TPSA) is 73.8 Å². The number of nitrogens with zero attached hydrogens (tertiary/aromatic N) is 4. The molecule has 0 spiro atoms. The number of hydrogen-bond acceptors (Lipinski definition) is 6. The van der Waals surface area contributed by atoms with Crippen LogP contribution in [0.2, 0.25) is 0 Å². The van der Waals surface area contributed by atoms with Crippen molar-refractivity contribution in [1.82, 2.24) is 19.7 Å². The molecule has 0 saturated carbocycles. The number of thioether (sulfide) groups is 1. The van der Waals surface area contributed by atoms with Crippen LogP contribution in [-0.2, 0) is 18.2 Å². The number of hydrogen-bond donors (Lipinski definition) is 0. The maximum absolute atomic E-state index is 12.9. The normalized spacial score (nSPS) is 11.7. The average molecular weight is 399 g/mol. The van der Waals surface area contributed by atoms with Crippen molar-refractivity contribution in [3.05, 3.63) is 53.9 Å². The van der Waals surface area contributed by atoms with Crippen molar-refractivity contribution in [1.29, 1.82) is 0 Å². The van der Waals surface area contributed by atoms with Gasteiger partial charge in [-0.1, -0.05) is 29.4 Å². The molecule has 2 aromatic heterocycles. The second-order valence-electron chi connectivity index (χ2n) is 5.44. The first-order chi connectivity index (χ1) is 12.3. The fraction of sp³-hybridized carbons (Fsp3) is 0.250. The summed E-state index contributed by atoms with van der Waals surface area (Å²) in [6.45, 7) is 0. The Labute approximate surface area is 156 Å². The van der Waals surface area contributed by atoms with Gasteiger partial charge in [-0.2, -0.15) is 13.8 Å². The van der Waals surface area contributed by atoms with Gasteiger partial charge in [-0.15, -0.1) is 11.8 Å². The largest absolute Gasteiger partial charge is 0.400 e. The molecular formula is C16H13ClF2N4O2S. The SMILES string of the molecule is Cn1cnc(CSCC(=O)c2ccc(-c3noc(C(F)(F)Cl)n3)cc2)c1. The smallest absolute Gasteiger partial charge is 0.340 e. The van der Waals surface area contributed by atoms with Gasteiger partial charge in [0.2, 0.25) is 5.82 Å². The summed E-state index contributed by atoms with van der Waals surface area (Å²) in [5.41, 5.74) is 1.86. The number of carbonyl (C=O) groups excluding carboxylic acids is 1. The van der Waals surface area contributed by atoms with Crippen molar-refractivity contribution in [3.63, 3.8) is 0 Å². The summed E-state index contributed by atoms with van der Waals surface area (Å²) in [6.07, 6.45) is 3.61. The van der Waals surface area contributed by atoms with Gasteiger partial charge in [-0.25, -0.2) is 4.98 Å². The Morgan fingerprint density at radius 3 is 2.65 bits per heavy atom. The molecule has 0 aliphatic heterocycles. The Balaban J connectivity index is 1.60. The van der Waals surface area contributed by atoms with E-state index in [1.807, 2.05) is 17.8 Å². The van der Waals surface area contributed by atoms with Crippen molar-refractivity contribution in [3.8, 4) is 11.4 Å². The van der Waals surface area contributed by atoms with Crippen molar-refractivity contribution in [2.45, 2.75) is 11.1 Å². The summed E-state index contributed by atoms with van der Waals surface area (Å²) in [7, 11) is 1.88. The van der Waals surface area contributed by atoms with Crippen molar-refractivity contribution in [2.75, 3.05) is 5.75 Å². The third-order valence-corrected chi connectivity index (χ3v) is 4.50. The van der Waals surface area contributed by atoms with E-state index >= 15 is 0 Å². The molecule has 3 aromatic rings. The summed E-state index contributed by atoms with van der Waals surface area (Å²) in [6, 6.07) is 6.32. The number of Topliss-reactive ketones (excluding diaryl/α,β-unsaturated/α-hetero) is 1. The van der Waals surface area contributed by atoms with E-state index in [0.29, 0.717) is 22.6 Å². The molecule has 0 aliphatic rings. The van der Waals surface area contributed by atoms with E-state index in [2.05, 4.69) is 19.6 Å². The highest BCUT2D eigenvalue weighted by Gasteiger charge is 2.35. The molecule has 3 rings (SSSR count). The molecular weight excluding hydrogens is 386 g/mol. The highest BCUT2D eigenvalue weighted by atomic mass is 35.5. The summed E-state index contributed by atoms with van der Waals surface area (Å²) < 4.78 is 32.1. The summed E-state index contributed by atoms with van der Waals surface area (Å²) in [5.74, 6) is -0.0911. The minimum Gasteiger partial charge on any atom is -0.340 e. The van der Waals surface area contributed by atoms with Crippen LogP contribution in [0, 0.1) is 0 Å². The number of benzene rings is 1. The molecule has 0 amide bonds. The lowest BCUT2D eigenvalue weighted by molar-refractivity contribution is 0.0551. The molecule has 0 unspecified atom stereocenters. The van der Waals surface area contributed by atoms with E-state index in [1.54, 1.807) is 30.6 Å². The van der Waals surface area contributed by atoms with Crippen LogP contribution in [0.3, 0.4) is 0 Å². The van der Waals surface area contributed by atoms with Gasteiger partial charge in [0.15, 0.2) is 5.78 Å². The number of alkyl halides is 3. The van der Waals surface area contributed by atoms with E-state index in [0.717, 1.165) is 5.69 Å². The quantitative estimate of drug-likeness (QED) is 0.444. The number of carbonyl (C=O) groups is 1. The molecule has 2 heterocycles. The Kier molecular flexibility index (Phi) is 5.38. The van der Waals surface area contributed by atoms with E-state index in [1.165, 1.54) is 11.8 Å². The highest BCUT2D eigenvalue weighted by molar-refractivity contribution is 7.99. The zero-order valence-electron chi connectivity index (χ0n) is 13.5. The molecule has 26 heavy (non-hydrogen) atoms. The van der Waals surface area contributed by atoms with Crippen LogP contribution in [-0.4, -0.2) is 31.2 Å². The minimum absolute atomic E-state index is 0.0242. The van der Waals surface area contributed by atoms with Crippen LogP contribution in [0.25, 0.3) is 11.4 Å². The van der Waals surface area contributed by atoms with Gasteiger partial charge in [0, 0.05) is 30.1 Å². The molecule has 1 aromatic carbocycles. The lowest BCUT2D eigenvalue weighted by Crippen LogP contribution is -2.03. The molecule has 0 aliphatic carbocycles. The summed E-state index contributed by atoms with van der Waals surface area (Å²) in [5, 5.41) is -0.252. The number of aryl methyl sites for hydroxylation is 1. The molecule has 0 radical (unpaired) electrons. The molecule has 0 atom stereocenters. The third-order valence-electron chi connectivity index (χ3n) is 3.38. The first-order valence-corrected chi connectivity index (χ1v) is 8.95. The molecule has 10 heteroatoms. The monoisotopic (exact) mass is 398 g/mol. The Hall–Kier alpha value is -2.26. The van der Waals surface area contributed by atoms with Crippen LogP contribution in [0.1, 0.15) is 21.9 Å². The first kappa shape index (κ1) is 18.5. The maximum Gasteiger partial charge on any atom is 0.400 e. The third kappa shape index (κ3) is 4.47. The molecule has 6 nitrogen and oxygen atoms in total. The van der Waals surface area contributed by atoms with Gasteiger partial charge in [0.25, 0.3) is 0 Å². The van der Waals surface area contributed by atoms with E-state index in [9.17, 15) is 13.6 Å². The second-order valence-corrected chi connectivity index (χ2v) is 6.90. The zero-order valence-corrected chi connectivity index (χ0v) is 15.1.